The summed E-state index contributed by atoms with van der Waals surface area (Å²) < 4.78 is 20.6. The number of H-pyrrole nitrogens is 2. The number of benzene rings is 2. The number of nitrogens with zero attached hydrogens (tertiary/aromatic N) is 4. The van der Waals surface area contributed by atoms with Crippen molar-refractivity contribution in [1.82, 2.24) is 35.4 Å². The van der Waals surface area contributed by atoms with Crippen LogP contribution in [0.3, 0.4) is 0 Å². The molecule has 1 saturated carbocycles. The highest BCUT2D eigenvalue weighted by Gasteiger charge is 2.17. The largest absolute Gasteiger partial charge is 0.492 e. The van der Waals surface area contributed by atoms with E-state index in [2.05, 4.69) is 37.6 Å². The van der Waals surface area contributed by atoms with Gasteiger partial charge in [0.1, 0.15) is 29.4 Å². The van der Waals surface area contributed by atoms with Crippen molar-refractivity contribution < 1.29 is 9.13 Å². The molecule has 0 spiro atoms. The molecule has 0 aliphatic heterocycles. The molecule has 8 nitrogen and oxygen atoms in total. The molecule has 1 aliphatic rings. The van der Waals surface area contributed by atoms with Crippen LogP contribution < -0.4 is 10.1 Å². The van der Waals surface area contributed by atoms with Crippen molar-refractivity contribution in [3.8, 4) is 39.5 Å². The predicted molar refractivity (Wildman–Crippen MR) is 178 cm³/mol. The standard InChI is InChI=1S/C36H38FN7O/c1-44(2)12-13-45-28-16-25(15-27(37)17-28)29-8-5-9-32-30(29)18-34(40-32)36-35-33(42-43-36)11-10-31(41-35)26-14-24(21-39-22-26)20-38-19-23-6-3-4-7-23/h5,8-11,14-18,21-23,38,40H,3-4,6-7,12-13,19-20H2,1-2H3,(H,42,43). The summed E-state index contributed by atoms with van der Waals surface area (Å²) in [5.41, 5.74) is 8.72. The Labute approximate surface area is 262 Å². The lowest BCUT2D eigenvalue weighted by Gasteiger charge is -2.12. The van der Waals surface area contributed by atoms with Crippen LogP contribution in [0.25, 0.3) is 55.7 Å². The number of halogens is 1. The number of likely N-dealkylation sites (N-methyl/N-ethyl adjacent to an activating group) is 1. The van der Waals surface area contributed by atoms with Crippen molar-refractivity contribution in [1.29, 1.82) is 0 Å². The molecule has 6 aromatic rings. The van der Waals surface area contributed by atoms with Gasteiger partial charge in [-0.05, 0) is 98.6 Å². The number of nitrogens with one attached hydrogen (secondary N) is 3. The maximum Gasteiger partial charge on any atom is 0.135 e. The van der Waals surface area contributed by atoms with Gasteiger partial charge in [0.05, 0.1) is 16.9 Å². The van der Waals surface area contributed by atoms with Crippen LogP contribution in [-0.4, -0.2) is 63.8 Å². The number of fused-ring (bicyclic) bond motifs is 2. The van der Waals surface area contributed by atoms with E-state index in [0.717, 1.165) is 86.8 Å². The predicted octanol–water partition coefficient (Wildman–Crippen LogP) is 7.19. The Hall–Kier alpha value is -4.60. The topological polar surface area (TPSA) is 94.8 Å². The summed E-state index contributed by atoms with van der Waals surface area (Å²) in [6, 6.07) is 19.1. The summed E-state index contributed by atoms with van der Waals surface area (Å²) in [6.45, 7) is 3.08. The van der Waals surface area contributed by atoms with E-state index in [1.165, 1.54) is 31.7 Å². The summed E-state index contributed by atoms with van der Waals surface area (Å²) in [5, 5.41) is 12.4. The zero-order valence-corrected chi connectivity index (χ0v) is 25.7. The number of aromatic amines is 2. The van der Waals surface area contributed by atoms with Crippen LogP contribution in [0.4, 0.5) is 4.39 Å². The average Bonchev–Trinajstić information content (AvgIpc) is 3.80. The molecule has 0 saturated heterocycles. The van der Waals surface area contributed by atoms with Gasteiger partial charge in [-0.3, -0.25) is 10.1 Å². The van der Waals surface area contributed by atoms with Gasteiger partial charge < -0.3 is 19.9 Å². The number of aromatic nitrogens is 5. The molecule has 230 valence electrons. The van der Waals surface area contributed by atoms with Gasteiger partial charge in [0, 0.05) is 48.0 Å². The van der Waals surface area contributed by atoms with E-state index in [-0.39, 0.29) is 5.82 Å². The summed E-state index contributed by atoms with van der Waals surface area (Å²) in [4.78, 5) is 15.1. The molecule has 0 radical (unpaired) electrons. The van der Waals surface area contributed by atoms with Crippen molar-refractivity contribution in [3.63, 3.8) is 0 Å². The third-order valence-corrected chi connectivity index (χ3v) is 8.64. The summed E-state index contributed by atoms with van der Waals surface area (Å²) in [7, 11) is 3.96. The number of hydrogen-bond acceptors (Lipinski definition) is 6. The van der Waals surface area contributed by atoms with Crippen molar-refractivity contribution in [2.24, 2.45) is 5.92 Å². The SMILES string of the molecule is CN(C)CCOc1cc(F)cc(-c2cccc3[nH]c(-c4n[nH]c5ccc(-c6cncc(CNCC7CCCC7)c6)nc45)cc23)c1. The summed E-state index contributed by atoms with van der Waals surface area (Å²) in [5.74, 6) is 0.972. The second kappa shape index (κ2) is 12.8. The molecule has 2 aromatic carbocycles. The quantitative estimate of drug-likeness (QED) is 0.145. The minimum absolute atomic E-state index is 0.335. The van der Waals surface area contributed by atoms with Gasteiger partial charge in [-0.25, -0.2) is 9.37 Å². The fourth-order valence-electron chi connectivity index (χ4n) is 6.29. The number of pyridine rings is 2. The van der Waals surface area contributed by atoms with E-state index in [1.54, 1.807) is 6.07 Å². The van der Waals surface area contributed by atoms with Crippen LogP contribution in [0.15, 0.2) is 73.1 Å². The zero-order chi connectivity index (χ0) is 30.8. The molecular formula is C36H38FN7O. The average molecular weight is 604 g/mol. The van der Waals surface area contributed by atoms with E-state index < -0.39 is 0 Å². The Morgan fingerprint density at radius 1 is 0.978 bits per heavy atom. The molecule has 4 aromatic heterocycles. The number of ether oxygens (including phenoxy) is 1. The molecule has 0 bridgehead atoms. The summed E-state index contributed by atoms with van der Waals surface area (Å²) >= 11 is 0. The number of rotatable bonds is 11. The van der Waals surface area contributed by atoms with Gasteiger partial charge in [0.2, 0.25) is 0 Å². The number of hydrogen-bond donors (Lipinski definition) is 3. The van der Waals surface area contributed by atoms with Gasteiger partial charge in [0.15, 0.2) is 0 Å². The first-order valence-electron chi connectivity index (χ1n) is 15.7. The molecular weight excluding hydrogens is 565 g/mol. The van der Waals surface area contributed by atoms with E-state index in [1.807, 2.05) is 67.8 Å². The first kappa shape index (κ1) is 29.1. The fourth-order valence-corrected chi connectivity index (χ4v) is 6.29. The van der Waals surface area contributed by atoms with Crippen molar-refractivity contribution in [2.45, 2.75) is 32.2 Å². The second-order valence-corrected chi connectivity index (χ2v) is 12.3. The lowest BCUT2D eigenvalue weighted by molar-refractivity contribution is 0.260. The minimum atomic E-state index is -0.335. The van der Waals surface area contributed by atoms with Crippen LogP contribution in [0.2, 0.25) is 0 Å². The lowest BCUT2D eigenvalue weighted by Crippen LogP contribution is -2.20. The molecule has 3 N–H and O–H groups in total. The molecule has 0 amide bonds. The van der Waals surface area contributed by atoms with Crippen LogP contribution in [0.1, 0.15) is 31.2 Å². The van der Waals surface area contributed by atoms with E-state index in [4.69, 9.17) is 9.72 Å². The highest BCUT2D eigenvalue weighted by Crippen LogP contribution is 2.36. The smallest absolute Gasteiger partial charge is 0.135 e. The highest BCUT2D eigenvalue weighted by molar-refractivity contribution is 6.00. The van der Waals surface area contributed by atoms with Gasteiger partial charge in [-0.1, -0.05) is 25.0 Å². The normalized spacial score (nSPS) is 13.9. The molecule has 9 heteroatoms. The van der Waals surface area contributed by atoms with Crippen molar-refractivity contribution in [3.05, 3.63) is 84.4 Å². The zero-order valence-electron chi connectivity index (χ0n) is 25.7. The van der Waals surface area contributed by atoms with Crippen LogP contribution in [-0.2, 0) is 6.54 Å². The van der Waals surface area contributed by atoms with E-state index >= 15 is 0 Å². The van der Waals surface area contributed by atoms with Crippen molar-refractivity contribution >= 4 is 21.9 Å². The van der Waals surface area contributed by atoms with E-state index in [9.17, 15) is 4.39 Å². The van der Waals surface area contributed by atoms with E-state index in [0.29, 0.717) is 12.4 Å². The van der Waals surface area contributed by atoms with Crippen LogP contribution in [0.5, 0.6) is 5.75 Å². The van der Waals surface area contributed by atoms with Gasteiger partial charge in [-0.2, -0.15) is 5.10 Å². The Morgan fingerprint density at radius 2 is 1.87 bits per heavy atom. The first-order chi connectivity index (χ1) is 22.0. The third kappa shape index (κ3) is 6.45. The van der Waals surface area contributed by atoms with Crippen LogP contribution >= 0.6 is 0 Å². The molecule has 45 heavy (non-hydrogen) atoms. The molecule has 0 unspecified atom stereocenters. The van der Waals surface area contributed by atoms with Gasteiger partial charge in [-0.15, -0.1) is 0 Å². The Bertz CT molecular complexity index is 1940. The monoisotopic (exact) mass is 603 g/mol. The van der Waals surface area contributed by atoms with Crippen molar-refractivity contribution in [2.75, 3.05) is 33.8 Å². The van der Waals surface area contributed by atoms with Gasteiger partial charge >= 0.3 is 0 Å². The highest BCUT2D eigenvalue weighted by atomic mass is 19.1. The Kier molecular flexibility index (Phi) is 8.28. The lowest BCUT2D eigenvalue weighted by atomic mass is 10.0. The third-order valence-electron chi connectivity index (χ3n) is 8.64. The molecule has 1 fully saturated rings. The molecule has 7 rings (SSSR count). The molecule has 0 atom stereocenters. The maximum absolute atomic E-state index is 14.7. The molecule has 1 aliphatic carbocycles. The summed E-state index contributed by atoms with van der Waals surface area (Å²) in [6.07, 6.45) is 9.16. The van der Waals surface area contributed by atoms with Gasteiger partial charge in [0.25, 0.3) is 0 Å². The second-order valence-electron chi connectivity index (χ2n) is 12.3. The fraction of sp³-hybridized carbons (Fsp3) is 0.306. The Balaban J connectivity index is 1.17. The minimum Gasteiger partial charge on any atom is -0.492 e. The van der Waals surface area contributed by atoms with Crippen LogP contribution in [0, 0.1) is 11.7 Å². The molecule has 4 heterocycles. The first-order valence-corrected chi connectivity index (χ1v) is 15.7. The maximum atomic E-state index is 14.7. The Morgan fingerprint density at radius 3 is 2.73 bits per heavy atom.